The molecule has 128 valence electrons. The first-order valence-electron chi connectivity index (χ1n) is 8.95. The van der Waals surface area contributed by atoms with Crippen molar-refractivity contribution in [2.75, 3.05) is 26.7 Å². The summed E-state index contributed by atoms with van der Waals surface area (Å²) in [5.41, 5.74) is 0. The smallest absolute Gasteiger partial charge is 0.317 e. The average Bonchev–Trinajstić information content (AvgIpc) is 2.93. The van der Waals surface area contributed by atoms with Gasteiger partial charge >= 0.3 is 6.03 Å². The van der Waals surface area contributed by atoms with E-state index in [0.29, 0.717) is 19.2 Å². The number of rotatable bonds is 7. The predicted octanol–water partition coefficient (Wildman–Crippen LogP) is 2.53. The van der Waals surface area contributed by atoms with Crippen LogP contribution in [0, 0.1) is 5.92 Å². The second-order valence-corrected chi connectivity index (χ2v) is 6.86. The van der Waals surface area contributed by atoms with Crippen LogP contribution < -0.4 is 5.32 Å². The number of aliphatic hydroxyl groups excluding tert-OH is 1. The van der Waals surface area contributed by atoms with E-state index in [2.05, 4.69) is 5.32 Å². The minimum Gasteiger partial charge on any atom is -0.393 e. The molecule has 5 heteroatoms. The van der Waals surface area contributed by atoms with E-state index in [9.17, 15) is 9.90 Å². The van der Waals surface area contributed by atoms with Gasteiger partial charge in [-0.3, -0.25) is 0 Å². The highest BCUT2D eigenvalue weighted by Gasteiger charge is 2.27. The number of hydrogen-bond acceptors (Lipinski definition) is 3. The minimum absolute atomic E-state index is 0.0447. The number of carbonyl (C=O) groups excluding carboxylic acids is 1. The molecule has 2 unspecified atom stereocenters. The van der Waals surface area contributed by atoms with Crippen LogP contribution >= 0.6 is 0 Å². The zero-order chi connectivity index (χ0) is 15.8. The van der Waals surface area contributed by atoms with Gasteiger partial charge in [-0.1, -0.05) is 25.7 Å². The number of amides is 2. The van der Waals surface area contributed by atoms with Crippen LogP contribution in [0.3, 0.4) is 0 Å². The summed E-state index contributed by atoms with van der Waals surface area (Å²) >= 11 is 0. The molecule has 0 aromatic heterocycles. The van der Waals surface area contributed by atoms with Crippen molar-refractivity contribution < 1.29 is 14.6 Å². The SMILES string of the molecule is CN(CC1CCCC1O)C(=O)NCCCOC1CCCCC1. The molecule has 5 nitrogen and oxygen atoms in total. The lowest BCUT2D eigenvalue weighted by molar-refractivity contribution is 0.0274. The van der Waals surface area contributed by atoms with Gasteiger partial charge in [0.25, 0.3) is 0 Å². The van der Waals surface area contributed by atoms with Gasteiger partial charge in [0.15, 0.2) is 0 Å². The summed E-state index contributed by atoms with van der Waals surface area (Å²) < 4.78 is 5.85. The van der Waals surface area contributed by atoms with Crippen molar-refractivity contribution in [1.82, 2.24) is 10.2 Å². The van der Waals surface area contributed by atoms with Crippen LogP contribution in [0.15, 0.2) is 0 Å². The Balaban J connectivity index is 1.51. The molecular formula is C17H32N2O3. The van der Waals surface area contributed by atoms with Crippen molar-refractivity contribution in [3.8, 4) is 0 Å². The Labute approximate surface area is 134 Å². The predicted molar refractivity (Wildman–Crippen MR) is 86.8 cm³/mol. The summed E-state index contributed by atoms with van der Waals surface area (Å²) in [5.74, 6) is 0.241. The monoisotopic (exact) mass is 312 g/mol. The second-order valence-electron chi connectivity index (χ2n) is 6.86. The number of urea groups is 1. The van der Waals surface area contributed by atoms with Crippen LogP contribution in [-0.4, -0.2) is 55.0 Å². The molecule has 2 saturated carbocycles. The summed E-state index contributed by atoms with van der Waals surface area (Å²) in [6.07, 6.45) is 10.3. The molecule has 0 aromatic carbocycles. The van der Waals surface area contributed by atoms with Gasteiger partial charge in [-0.15, -0.1) is 0 Å². The highest BCUT2D eigenvalue weighted by atomic mass is 16.5. The van der Waals surface area contributed by atoms with Gasteiger partial charge in [0.05, 0.1) is 12.2 Å². The fraction of sp³-hybridized carbons (Fsp3) is 0.941. The third-order valence-corrected chi connectivity index (χ3v) is 4.98. The third kappa shape index (κ3) is 5.76. The molecule has 22 heavy (non-hydrogen) atoms. The summed E-state index contributed by atoms with van der Waals surface area (Å²) in [4.78, 5) is 13.7. The van der Waals surface area contributed by atoms with Crippen LogP contribution in [0.4, 0.5) is 4.79 Å². The molecule has 0 aliphatic heterocycles. The zero-order valence-electron chi connectivity index (χ0n) is 13.9. The molecule has 2 atom stereocenters. The van der Waals surface area contributed by atoms with E-state index in [1.807, 2.05) is 0 Å². The Hall–Kier alpha value is -0.810. The average molecular weight is 312 g/mol. The molecule has 2 fully saturated rings. The van der Waals surface area contributed by atoms with Gasteiger partial charge in [-0.25, -0.2) is 4.79 Å². The normalized spacial score (nSPS) is 26.1. The quantitative estimate of drug-likeness (QED) is 0.710. The summed E-state index contributed by atoms with van der Waals surface area (Å²) in [7, 11) is 1.80. The Morgan fingerprint density at radius 1 is 1.18 bits per heavy atom. The first-order chi connectivity index (χ1) is 10.7. The second kappa shape index (κ2) is 9.36. The first kappa shape index (κ1) is 17.5. The zero-order valence-corrected chi connectivity index (χ0v) is 13.9. The van der Waals surface area contributed by atoms with Gasteiger partial charge in [-0.2, -0.15) is 0 Å². The topological polar surface area (TPSA) is 61.8 Å². The number of nitrogens with zero attached hydrogens (tertiary/aromatic N) is 1. The van der Waals surface area contributed by atoms with Crippen molar-refractivity contribution in [2.24, 2.45) is 5.92 Å². The maximum atomic E-state index is 12.0. The van der Waals surface area contributed by atoms with E-state index in [4.69, 9.17) is 4.74 Å². The molecule has 2 rings (SSSR count). The molecular weight excluding hydrogens is 280 g/mol. The van der Waals surface area contributed by atoms with Gasteiger partial charge in [0.2, 0.25) is 0 Å². The van der Waals surface area contributed by atoms with Crippen molar-refractivity contribution >= 4 is 6.03 Å². The van der Waals surface area contributed by atoms with E-state index < -0.39 is 0 Å². The van der Waals surface area contributed by atoms with E-state index in [0.717, 1.165) is 32.3 Å². The van der Waals surface area contributed by atoms with Crippen molar-refractivity contribution in [1.29, 1.82) is 0 Å². The first-order valence-corrected chi connectivity index (χ1v) is 8.95. The summed E-state index contributed by atoms with van der Waals surface area (Å²) in [5, 5.41) is 12.7. The van der Waals surface area contributed by atoms with Gasteiger partial charge in [0.1, 0.15) is 0 Å². The van der Waals surface area contributed by atoms with Gasteiger partial charge < -0.3 is 20.1 Å². The van der Waals surface area contributed by atoms with E-state index in [1.54, 1.807) is 11.9 Å². The number of hydrogen-bond donors (Lipinski definition) is 2. The largest absolute Gasteiger partial charge is 0.393 e. The summed E-state index contributed by atoms with van der Waals surface area (Å²) in [6.45, 7) is 2.03. The third-order valence-electron chi connectivity index (χ3n) is 4.98. The lowest BCUT2D eigenvalue weighted by atomic mass is 9.98. The maximum absolute atomic E-state index is 12.0. The number of aliphatic hydroxyl groups is 1. The lowest BCUT2D eigenvalue weighted by Crippen LogP contribution is -2.41. The van der Waals surface area contributed by atoms with Crippen LogP contribution in [-0.2, 0) is 4.74 Å². The number of ether oxygens (including phenoxy) is 1. The van der Waals surface area contributed by atoms with Crippen LogP contribution in [0.5, 0.6) is 0 Å². The lowest BCUT2D eigenvalue weighted by Gasteiger charge is -2.24. The van der Waals surface area contributed by atoms with Crippen LogP contribution in [0.2, 0.25) is 0 Å². The molecule has 0 bridgehead atoms. The fourth-order valence-corrected chi connectivity index (χ4v) is 3.55. The van der Waals surface area contributed by atoms with Gasteiger partial charge in [0, 0.05) is 32.7 Å². The minimum atomic E-state index is -0.237. The van der Waals surface area contributed by atoms with Crippen molar-refractivity contribution in [2.45, 2.75) is 70.0 Å². The Bertz CT molecular complexity index is 332. The molecule has 2 N–H and O–H groups in total. The Morgan fingerprint density at radius 2 is 1.95 bits per heavy atom. The van der Waals surface area contributed by atoms with Crippen LogP contribution in [0.1, 0.15) is 57.8 Å². The van der Waals surface area contributed by atoms with Crippen molar-refractivity contribution in [3.05, 3.63) is 0 Å². The number of nitrogens with one attached hydrogen (secondary N) is 1. The standard InChI is InChI=1S/C17H32N2O3/c1-19(13-14-7-5-10-16(14)20)17(21)18-11-6-12-22-15-8-3-2-4-9-15/h14-16,20H,2-13H2,1H3,(H,18,21). The molecule has 0 saturated heterocycles. The highest BCUT2D eigenvalue weighted by Crippen LogP contribution is 2.25. The van der Waals surface area contributed by atoms with Gasteiger partial charge in [-0.05, 0) is 32.1 Å². The molecule has 0 heterocycles. The van der Waals surface area contributed by atoms with E-state index in [-0.39, 0.29) is 18.1 Å². The van der Waals surface area contributed by atoms with Crippen LogP contribution in [0.25, 0.3) is 0 Å². The molecule has 0 radical (unpaired) electrons. The highest BCUT2D eigenvalue weighted by molar-refractivity contribution is 5.73. The van der Waals surface area contributed by atoms with E-state index in [1.165, 1.54) is 32.1 Å². The molecule has 0 aromatic rings. The molecule has 2 aliphatic carbocycles. The fourth-order valence-electron chi connectivity index (χ4n) is 3.55. The molecule has 2 aliphatic rings. The van der Waals surface area contributed by atoms with Crippen molar-refractivity contribution in [3.63, 3.8) is 0 Å². The Morgan fingerprint density at radius 3 is 2.64 bits per heavy atom. The maximum Gasteiger partial charge on any atom is 0.317 e. The number of carbonyl (C=O) groups is 1. The van der Waals surface area contributed by atoms with E-state index >= 15 is 0 Å². The summed E-state index contributed by atoms with van der Waals surface area (Å²) in [6, 6.07) is -0.0447. The Kier molecular flexibility index (Phi) is 7.46. The molecule has 2 amide bonds. The molecule has 0 spiro atoms.